The Labute approximate surface area is 232 Å². The SMILES string of the molecule is CN(C)c1ccc2cc(S(=O)(=O)N[C@]3(c4ccc(-c5ccccc5S(C)(=O)=O)cc4F)CCNC3=O)ccc2c1. The first-order valence-corrected chi connectivity index (χ1v) is 15.8. The van der Waals surface area contributed by atoms with Crippen molar-refractivity contribution in [2.45, 2.75) is 21.8 Å². The second-order valence-corrected chi connectivity index (χ2v) is 13.7. The summed E-state index contributed by atoms with van der Waals surface area (Å²) >= 11 is 0. The number of carbonyl (C=O) groups is 1. The lowest BCUT2D eigenvalue weighted by molar-refractivity contribution is -0.124. The first kappa shape index (κ1) is 27.8. The van der Waals surface area contributed by atoms with Crippen LogP contribution in [0, 0.1) is 5.82 Å². The van der Waals surface area contributed by atoms with Crippen LogP contribution >= 0.6 is 0 Å². The second-order valence-electron chi connectivity index (χ2n) is 10.1. The van der Waals surface area contributed by atoms with Crippen molar-refractivity contribution in [3.8, 4) is 11.1 Å². The van der Waals surface area contributed by atoms with Crippen LogP contribution in [-0.4, -0.2) is 49.6 Å². The Balaban J connectivity index is 1.55. The largest absolute Gasteiger partial charge is 0.378 e. The van der Waals surface area contributed by atoms with Crippen molar-refractivity contribution in [3.05, 3.63) is 90.2 Å². The van der Waals surface area contributed by atoms with Crippen LogP contribution in [0.2, 0.25) is 0 Å². The first-order valence-electron chi connectivity index (χ1n) is 12.4. The lowest BCUT2D eigenvalue weighted by atomic mass is 9.87. The third-order valence-corrected chi connectivity index (χ3v) is 9.78. The van der Waals surface area contributed by atoms with E-state index in [9.17, 15) is 21.6 Å². The number of anilines is 1. The Morgan fingerprint density at radius 1 is 0.900 bits per heavy atom. The van der Waals surface area contributed by atoms with Gasteiger partial charge in [0.25, 0.3) is 0 Å². The van der Waals surface area contributed by atoms with E-state index in [0.717, 1.165) is 23.4 Å². The normalized spacial score (nSPS) is 17.6. The number of sulfonamides is 1. The summed E-state index contributed by atoms with van der Waals surface area (Å²) in [6, 6.07) is 20.4. The maximum Gasteiger partial charge on any atom is 0.246 e. The molecular formula is C29H28FN3O5S2. The number of carbonyl (C=O) groups excluding carboxylic acids is 1. The summed E-state index contributed by atoms with van der Waals surface area (Å²) in [5.41, 5.74) is -0.495. The van der Waals surface area contributed by atoms with Gasteiger partial charge in [0.15, 0.2) is 9.84 Å². The van der Waals surface area contributed by atoms with Gasteiger partial charge in [-0.2, -0.15) is 4.72 Å². The third-order valence-electron chi connectivity index (χ3n) is 7.13. The van der Waals surface area contributed by atoms with E-state index < -0.39 is 37.1 Å². The van der Waals surface area contributed by atoms with Gasteiger partial charge in [-0.3, -0.25) is 4.79 Å². The number of hydrogen-bond acceptors (Lipinski definition) is 6. The molecule has 0 radical (unpaired) electrons. The van der Waals surface area contributed by atoms with Crippen LogP contribution < -0.4 is 14.9 Å². The average molecular weight is 582 g/mol. The molecule has 1 fully saturated rings. The molecule has 1 saturated heterocycles. The number of sulfone groups is 1. The van der Waals surface area contributed by atoms with Crippen molar-refractivity contribution in [1.29, 1.82) is 0 Å². The molecule has 1 aliphatic rings. The molecule has 0 saturated carbocycles. The van der Waals surface area contributed by atoms with Gasteiger partial charge in [-0.15, -0.1) is 0 Å². The standard InChI is InChI=1S/C29H28FN3O5S2/c1-33(2)22-11-8-20-17-23(12-9-19(20)16-22)40(37,38)32-29(14-15-31-28(29)34)25-13-10-21(18-26(25)30)24-6-4-5-7-27(24)39(3,35)36/h4-13,16-18,32H,14-15H2,1-3H3,(H,31,34)/t29-/m0/s1. The van der Waals surface area contributed by atoms with Gasteiger partial charge in [0, 0.05) is 43.7 Å². The molecule has 4 aromatic carbocycles. The number of benzene rings is 4. The molecule has 2 N–H and O–H groups in total. The summed E-state index contributed by atoms with van der Waals surface area (Å²) in [5.74, 6) is -1.51. The molecule has 0 unspecified atom stereocenters. The van der Waals surface area contributed by atoms with E-state index in [1.165, 1.54) is 30.3 Å². The molecule has 0 aliphatic carbocycles. The highest BCUT2D eigenvalue weighted by Crippen LogP contribution is 2.36. The van der Waals surface area contributed by atoms with E-state index in [1.54, 1.807) is 24.3 Å². The van der Waals surface area contributed by atoms with Gasteiger partial charge >= 0.3 is 0 Å². The number of nitrogens with one attached hydrogen (secondary N) is 2. The molecule has 0 bridgehead atoms. The minimum Gasteiger partial charge on any atom is -0.378 e. The van der Waals surface area contributed by atoms with E-state index >= 15 is 4.39 Å². The Hall–Kier alpha value is -3.80. The number of fused-ring (bicyclic) bond motifs is 1. The maximum atomic E-state index is 15.8. The van der Waals surface area contributed by atoms with Gasteiger partial charge < -0.3 is 10.2 Å². The zero-order valence-electron chi connectivity index (χ0n) is 22.1. The molecule has 4 aromatic rings. The quantitative estimate of drug-likeness (QED) is 0.343. The molecule has 1 aliphatic heterocycles. The number of amides is 1. The Bertz CT molecular complexity index is 1870. The Morgan fingerprint density at radius 3 is 2.25 bits per heavy atom. The van der Waals surface area contributed by atoms with Crippen molar-refractivity contribution in [2.24, 2.45) is 0 Å². The lowest BCUT2D eigenvalue weighted by Gasteiger charge is -2.28. The summed E-state index contributed by atoms with van der Waals surface area (Å²) < 4.78 is 70.0. The highest BCUT2D eigenvalue weighted by molar-refractivity contribution is 7.91. The fraction of sp³-hybridized carbons (Fsp3) is 0.207. The highest BCUT2D eigenvalue weighted by atomic mass is 32.2. The number of halogens is 1. The molecule has 0 aromatic heterocycles. The zero-order chi connectivity index (χ0) is 28.9. The van der Waals surface area contributed by atoms with Gasteiger partial charge in [-0.05, 0) is 59.2 Å². The summed E-state index contributed by atoms with van der Waals surface area (Å²) in [5, 5.41) is 4.15. The molecule has 11 heteroatoms. The molecular weight excluding hydrogens is 553 g/mol. The monoisotopic (exact) mass is 581 g/mol. The summed E-state index contributed by atoms with van der Waals surface area (Å²) in [4.78, 5) is 15.0. The third kappa shape index (κ3) is 4.96. The molecule has 8 nitrogen and oxygen atoms in total. The minimum atomic E-state index is -4.27. The first-order chi connectivity index (χ1) is 18.8. The van der Waals surface area contributed by atoms with E-state index in [1.807, 2.05) is 37.2 Å². The van der Waals surface area contributed by atoms with Gasteiger partial charge in [-0.1, -0.05) is 42.5 Å². The fourth-order valence-corrected chi connectivity index (χ4v) is 7.36. The van der Waals surface area contributed by atoms with Crippen LogP contribution in [0.25, 0.3) is 21.9 Å². The van der Waals surface area contributed by atoms with Crippen LogP contribution in [-0.2, 0) is 30.2 Å². The highest BCUT2D eigenvalue weighted by Gasteiger charge is 2.48. The van der Waals surface area contributed by atoms with Crippen LogP contribution in [0.4, 0.5) is 10.1 Å². The van der Waals surface area contributed by atoms with E-state index in [4.69, 9.17) is 0 Å². The Morgan fingerprint density at radius 2 is 1.60 bits per heavy atom. The van der Waals surface area contributed by atoms with E-state index in [2.05, 4.69) is 10.0 Å². The van der Waals surface area contributed by atoms with Crippen molar-refractivity contribution in [1.82, 2.24) is 10.0 Å². The molecule has 1 atom stereocenters. The van der Waals surface area contributed by atoms with Crippen LogP contribution in [0.3, 0.4) is 0 Å². The van der Waals surface area contributed by atoms with Crippen molar-refractivity contribution >= 4 is 42.2 Å². The van der Waals surface area contributed by atoms with E-state index in [-0.39, 0.29) is 33.9 Å². The predicted molar refractivity (Wildman–Crippen MR) is 153 cm³/mol. The smallest absolute Gasteiger partial charge is 0.246 e. The van der Waals surface area contributed by atoms with Crippen LogP contribution in [0.5, 0.6) is 0 Å². The molecule has 0 spiro atoms. The maximum absolute atomic E-state index is 15.8. The molecule has 5 rings (SSSR count). The van der Waals surface area contributed by atoms with Crippen molar-refractivity contribution in [2.75, 3.05) is 31.8 Å². The van der Waals surface area contributed by atoms with Crippen molar-refractivity contribution in [3.63, 3.8) is 0 Å². The number of hydrogen-bond donors (Lipinski definition) is 2. The Kier molecular flexibility index (Phi) is 6.93. The summed E-state index contributed by atoms with van der Waals surface area (Å²) in [7, 11) is -4.05. The van der Waals surface area contributed by atoms with Crippen LogP contribution in [0.15, 0.2) is 88.7 Å². The van der Waals surface area contributed by atoms with Gasteiger partial charge in [0.1, 0.15) is 11.4 Å². The summed E-state index contributed by atoms with van der Waals surface area (Å²) in [6.07, 6.45) is 1.05. The topological polar surface area (TPSA) is 113 Å². The van der Waals surface area contributed by atoms with Gasteiger partial charge in [0.05, 0.1) is 9.79 Å². The molecule has 1 amide bonds. The molecule has 1 heterocycles. The zero-order valence-corrected chi connectivity index (χ0v) is 23.7. The minimum absolute atomic E-state index is 0.0129. The molecule has 40 heavy (non-hydrogen) atoms. The molecule has 208 valence electrons. The number of nitrogens with zero attached hydrogens (tertiary/aromatic N) is 1. The fourth-order valence-electron chi connectivity index (χ4n) is 5.04. The second kappa shape index (κ2) is 9.99. The lowest BCUT2D eigenvalue weighted by Crippen LogP contribution is -2.51. The van der Waals surface area contributed by atoms with Crippen LogP contribution in [0.1, 0.15) is 12.0 Å². The van der Waals surface area contributed by atoms with Gasteiger partial charge in [0.2, 0.25) is 15.9 Å². The van der Waals surface area contributed by atoms with Crippen molar-refractivity contribution < 1.29 is 26.0 Å². The van der Waals surface area contributed by atoms with Gasteiger partial charge in [-0.25, -0.2) is 21.2 Å². The number of rotatable bonds is 7. The van der Waals surface area contributed by atoms with E-state index in [0.29, 0.717) is 10.9 Å². The average Bonchev–Trinajstić information content (AvgIpc) is 3.26. The summed E-state index contributed by atoms with van der Waals surface area (Å²) in [6.45, 7) is 0.143. The predicted octanol–water partition coefficient (Wildman–Crippen LogP) is 3.81.